The summed E-state index contributed by atoms with van der Waals surface area (Å²) in [6.45, 7) is 27.5. The summed E-state index contributed by atoms with van der Waals surface area (Å²) in [6.07, 6.45) is 14.6. The molecule has 0 atom stereocenters. The average Bonchev–Trinajstić information content (AvgIpc) is 3.64. The number of nitrogens with zero attached hydrogens (tertiary/aromatic N) is 2. The highest BCUT2D eigenvalue weighted by molar-refractivity contribution is 5.81. The Hall–Kier alpha value is -4.05. The summed E-state index contributed by atoms with van der Waals surface area (Å²) in [5.74, 6) is 0.588. The van der Waals surface area contributed by atoms with Crippen LogP contribution in [-0.2, 0) is 0 Å². The number of anilines is 1. The molecule has 4 nitrogen and oxygen atoms in total. The Morgan fingerprint density at radius 1 is 0.974 bits per heavy atom. The van der Waals surface area contributed by atoms with Crippen LogP contribution < -0.4 is 10.6 Å². The molecule has 0 amide bonds. The fraction of sp³-hybridized carbons (Fsp3) is 0.265. The van der Waals surface area contributed by atoms with Crippen LogP contribution in [0.2, 0.25) is 0 Å². The number of nitrogens with one attached hydrogen (secondary N) is 2. The summed E-state index contributed by atoms with van der Waals surface area (Å²) in [7, 11) is 0. The predicted octanol–water partition coefficient (Wildman–Crippen LogP) is 8.13. The van der Waals surface area contributed by atoms with Crippen LogP contribution in [0.25, 0.3) is 16.7 Å². The van der Waals surface area contributed by atoms with Crippen LogP contribution in [0.15, 0.2) is 116 Å². The molecule has 0 bridgehead atoms. The van der Waals surface area contributed by atoms with E-state index in [1.807, 2.05) is 37.5 Å². The number of aromatic nitrogens is 1. The van der Waals surface area contributed by atoms with Gasteiger partial charge in [0.1, 0.15) is 0 Å². The number of rotatable bonds is 12. The first kappa shape index (κ1) is 27.0. The van der Waals surface area contributed by atoms with Gasteiger partial charge in [0.25, 0.3) is 0 Å². The lowest BCUT2D eigenvalue weighted by Crippen LogP contribution is -2.18. The molecule has 2 N–H and O–H groups in total. The van der Waals surface area contributed by atoms with E-state index in [1.165, 1.54) is 25.7 Å². The smallest absolute Gasteiger partial charge is 0.0574 e. The molecule has 1 saturated carbocycles. The van der Waals surface area contributed by atoms with Gasteiger partial charge in [-0.15, -0.1) is 0 Å². The summed E-state index contributed by atoms with van der Waals surface area (Å²) < 4.78 is 0. The number of likely N-dealkylation sites (tertiary alicyclic amines) is 1. The molecule has 4 rings (SSSR count). The van der Waals surface area contributed by atoms with Gasteiger partial charge >= 0.3 is 0 Å². The molecule has 2 fully saturated rings. The van der Waals surface area contributed by atoms with Gasteiger partial charge in [-0.05, 0) is 91.5 Å². The van der Waals surface area contributed by atoms with E-state index in [2.05, 4.69) is 84.6 Å². The molecule has 2 aromatic rings. The highest BCUT2D eigenvalue weighted by atomic mass is 15.1. The summed E-state index contributed by atoms with van der Waals surface area (Å²) in [5.41, 5.74) is 10.8. The third-order valence-electron chi connectivity index (χ3n) is 7.30. The van der Waals surface area contributed by atoms with Gasteiger partial charge in [-0.25, -0.2) is 0 Å². The maximum atomic E-state index is 4.46. The first-order chi connectivity index (χ1) is 18.3. The first-order valence-corrected chi connectivity index (χ1v) is 13.4. The molecule has 0 unspecified atom stereocenters. The number of aryl methyl sites for hydroxylation is 1. The normalized spacial score (nSPS) is 15.4. The zero-order valence-electron chi connectivity index (χ0n) is 22.9. The zero-order chi connectivity index (χ0) is 27.2. The van der Waals surface area contributed by atoms with Crippen LogP contribution in [0.3, 0.4) is 0 Å². The Bertz CT molecular complexity index is 1330. The molecule has 0 spiro atoms. The van der Waals surface area contributed by atoms with E-state index in [1.54, 1.807) is 0 Å². The van der Waals surface area contributed by atoms with Crippen molar-refractivity contribution < 1.29 is 0 Å². The highest BCUT2D eigenvalue weighted by Gasteiger charge is 2.24. The molecule has 1 aliphatic carbocycles. The number of allylic oxidation sites excluding steroid dienone is 5. The minimum absolute atomic E-state index is 0.588. The zero-order valence-corrected chi connectivity index (χ0v) is 22.9. The molecule has 2 heterocycles. The van der Waals surface area contributed by atoms with E-state index in [0.717, 1.165) is 75.0 Å². The van der Waals surface area contributed by atoms with Gasteiger partial charge in [-0.1, -0.05) is 57.2 Å². The third-order valence-corrected chi connectivity index (χ3v) is 7.30. The fourth-order valence-corrected chi connectivity index (χ4v) is 4.61. The number of pyridine rings is 1. The lowest BCUT2D eigenvalue weighted by Gasteiger charge is -2.20. The van der Waals surface area contributed by atoms with Gasteiger partial charge in [0.2, 0.25) is 0 Å². The van der Waals surface area contributed by atoms with Crippen molar-refractivity contribution >= 4 is 11.3 Å². The van der Waals surface area contributed by atoms with Crippen LogP contribution >= 0.6 is 0 Å². The summed E-state index contributed by atoms with van der Waals surface area (Å²) in [5, 5.41) is 6.85. The average molecular weight is 505 g/mol. The fourth-order valence-electron chi connectivity index (χ4n) is 4.61. The SMILES string of the molecule is C=C(/C=C\C(=C/C)NC(=C)C(=C)c1cc(-c2cncc(NC(=C)C3CC3)c2)ccc1C)C(=C)N1CCCC1. The molecule has 2 aliphatic rings. The van der Waals surface area contributed by atoms with Crippen molar-refractivity contribution in [1.29, 1.82) is 0 Å². The Morgan fingerprint density at radius 2 is 1.71 bits per heavy atom. The Balaban J connectivity index is 1.44. The van der Waals surface area contributed by atoms with E-state index in [-0.39, 0.29) is 0 Å². The van der Waals surface area contributed by atoms with Crippen LogP contribution in [-0.4, -0.2) is 23.0 Å². The van der Waals surface area contributed by atoms with Crippen molar-refractivity contribution in [3.05, 3.63) is 127 Å². The maximum Gasteiger partial charge on any atom is 0.0574 e. The predicted molar refractivity (Wildman–Crippen MR) is 163 cm³/mol. The van der Waals surface area contributed by atoms with Gasteiger partial charge in [0.15, 0.2) is 0 Å². The third kappa shape index (κ3) is 6.63. The van der Waals surface area contributed by atoms with E-state index >= 15 is 0 Å². The van der Waals surface area contributed by atoms with Crippen LogP contribution in [0.1, 0.15) is 43.7 Å². The van der Waals surface area contributed by atoms with E-state index in [0.29, 0.717) is 5.92 Å². The summed E-state index contributed by atoms with van der Waals surface area (Å²) in [4.78, 5) is 6.76. The topological polar surface area (TPSA) is 40.2 Å². The minimum Gasteiger partial charge on any atom is -0.372 e. The Kier molecular flexibility index (Phi) is 8.52. The van der Waals surface area contributed by atoms with Gasteiger partial charge in [-0.3, -0.25) is 4.98 Å². The molecule has 38 heavy (non-hydrogen) atoms. The molecule has 1 aromatic heterocycles. The van der Waals surface area contributed by atoms with Crippen molar-refractivity contribution in [2.24, 2.45) is 5.92 Å². The van der Waals surface area contributed by atoms with Crippen molar-refractivity contribution in [2.45, 2.75) is 39.5 Å². The molecule has 4 heteroatoms. The summed E-state index contributed by atoms with van der Waals surface area (Å²) in [6, 6.07) is 8.53. The second kappa shape index (κ2) is 12.0. The molecule has 1 aliphatic heterocycles. The standard InChI is InChI=1S/C34H40N4/c1-8-32(16-12-23(2)28(7)38-17-9-10-18-38)36-26(5)25(4)34-20-30(13-11-24(34)3)31-19-33(22-35-21-31)37-27(6)29-14-15-29/h8,11-13,16,19-22,29,36-37H,2,4-7,9-10,14-15,17-18H2,1,3H3/b16-12-,32-8+. The molecule has 1 aromatic carbocycles. The van der Waals surface area contributed by atoms with Crippen molar-refractivity contribution in [3.8, 4) is 11.1 Å². The number of hydrogen-bond acceptors (Lipinski definition) is 4. The molecular formula is C34H40N4. The second-order valence-electron chi connectivity index (χ2n) is 10.2. The molecule has 0 radical (unpaired) electrons. The van der Waals surface area contributed by atoms with Gasteiger partial charge in [0, 0.05) is 47.6 Å². The lowest BCUT2D eigenvalue weighted by molar-refractivity contribution is 0.438. The molecular weight excluding hydrogens is 464 g/mol. The first-order valence-electron chi connectivity index (χ1n) is 13.4. The quantitative estimate of drug-likeness (QED) is 0.286. The van der Waals surface area contributed by atoms with Crippen molar-refractivity contribution in [3.63, 3.8) is 0 Å². The summed E-state index contributed by atoms with van der Waals surface area (Å²) >= 11 is 0. The lowest BCUT2D eigenvalue weighted by atomic mass is 9.95. The van der Waals surface area contributed by atoms with E-state index in [4.69, 9.17) is 0 Å². The maximum absolute atomic E-state index is 4.46. The van der Waals surface area contributed by atoms with E-state index in [9.17, 15) is 0 Å². The minimum atomic E-state index is 0.588. The van der Waals surface area contributed by atoms with Crippen LogP contribution in [0.5, 0.6) is 0 Å². The highest BCUT2D eigenvalue weighted by Crippen LogP contribution is 2.36. The number of hydrogen-bond donors (Lipinski definition) is 2. The van der Waals surface area contributed by atoms with E-state index < -0.39 is 0 Å². The number of benzene rings is 1. The van der Waals surface area contributed by atoms with Gasteiger partial charge < -0.3 is 15.5 Å². The van der Waals surface area contributed by atoms with Crippen LogP contribution in [0, 0.1) is 12.8 Å². The second-order valence-corrected chi connectivity index (χ2v) is 10.2. The van der Waals surface area contributed by atoms with Crippen molar-refractivity contribution in [1.82, 2.24) is 15.2 Å². The van der Waals surface area contributed by atoms with Gasteiger partial charge in [0.05, 0.1) is 11.9 Å². The monoisotopic (exact) mass is 504 g/mol. The largest absolute Gasteiger partial charge is 0.372 e. The van der Waals surface area contributed by atoms with Crippen LogP contribution in [0.4, 0.5) is 5.69 Å². The molecule has 196 valence electrons. The van der Waals surface area contributed by atoms with Gasteiger partial charge in [-0.2, -0.15) is 0 Å². The Morgan fingerprint density at radius 3 is 2.39 bits per heavy atom. The molecule has 1 saturated heterocycles. The van der Waals surface area contributed by atoms with Crippen molar-refractivity contribution in [2.75, 3.05) is 18.4 Å². The Labute approximate surface area is 228 Å².